The summed E-state index contributed by atoms with van der Waals surface area (Å²) in [4.78, 5) is 12.1. The van der Waals surface area contributed by atoms with E-state index >= 15 is 0 Å². The number of unbranched alkanes of at least 4 members (excludes halogenated alkanes) is 11. The van der Waals surface area contributed by atoms with E-state index in [1.165, 1.54) is 57.8 Å². The zero-order valence-corrected chi connectivity index (χ0v) is 24.1. The molecule has 0 radical (unpaired) electrons. The minimum Gasteiger partial charge on any atom is -0.445 e. The third-order valence-electron chi connectivity index (χ3n) is 6.56. The van der Waals surface area contributed by atoms with Gasteiger partial charge >= 0.3 is 5.97 Å². The Morgan fingerprint density at radius 3 is 2.26 bits per heavy atom. The van der Waals surface area contributed by atoms with Gasteiger partial charge in [0.15, 0.2) is 6.10 Å². The summed E-state index contributed by atoms with van der Waals surface area (Å²) in [6.07, 6.45) is 32.4. The Morgan fingerprint density at radius 1 is 0.842 bits per heavy atom. The van der Waals surface area contributed by atoms with E-state index < -0.39 is 6.10 Å². The van der Waals surface area contributed by atoms with E-state index in [1.54, 1.807) is 6.08 Å². The summed E-state index contributed by atoms with van der Waals surface area (Å²) >= 11 is 0. The summed E-state index contributed by atoms with van der Waals surface area (Å²) in [7, 11) is 0. The first-order chi connectivity index (χ1) is 18.7. The molecule has 1 fully saturated rings. The van der Waals surface area contributed by atoms with Gasteiger partial charge in [0.25, 0.3) is 0 Å². The maximum atomic E-state index is 12.1. The summed E-state index contributed by atoms with van der Waals surface area (Å²) in [5.74, 6) is 11.4. The topological polar surface area (TPSA) is 38.8 Å². The lowest BCUT2D eigenvalue weighted by Crippen LogP contribution is -2.13. The van der Waals surface area contributed by atoms with Crippen LogP contribution in [0.15, 0.2) is 49.6 Å². The Balaban J connectivity index is 2.02. The molecule has 1 heterocycles. The smallest absolute Gasteiger partial charge is 0.307 e. The number of esters is 1. The monoisotopic (exact) mass is 520 g/mol. The minimum absolute atomic E-state index is 0.217. The summed E-state index contributed by atoms with van der Waals surface area (Å²) in [6, 6.07) is 0. The van der Waals surface area contributed by atoms with Crippen molar-refractivity contribution in [3.8, 4) is 23.7 Å². The molecular weight excluding hydrogens is 468 g/mol. The molecule has 1 saturated heterocycles. The van der Waals surface area contributed by atoms with E-state index in [9.17, 15) is 4.79 Å². The molecule has 0 saturated carbocycles. The molecular formula is C35H52O3. The van der Waals surface area contributed by atoms with Crippen LogP contribution in [0.5, 0.6) is 0 Å². The molecule has 0 amide bonds. The molecule has 0 bridgehead atoms. The maximum Gasteiger partial charge on any atom is 0.307 e. The molecule has 1 aliphatic rings. The van der Waals surface area contributed by atoms with Crippen molar-refractivity contribution in [1.29, 1.82) is 0 Å². The number of hydrogen-bond acceptors (Lipinski definition) is 3. The predicted molar refractivity (Wildman–Crippen MR) is 162 cm³/mol. The summed E-state index contributed by atoms with van der Waals surface area (Å²) in [5.41, 5.74) is 0. The van der Waals surface area contributed by atoms with Crippen LogP contribution in [0.25, 0.3) is 0 Å². The molecule has 210 valence electrons. The highest BCUT2D eigenvalue weighted by molar-refractivity contribution is 5.70. The Bertz CT molecular complexity index is 814. The number of ether oxygens (including phenoxy) is 2. The highest BCUT2D eigenvalue weighted by Gasteiger charge is 2.36. The van der Waals surface area contributed by atoms with Crippen LogP contribution < -0.4 is 0 Å². The molecule has 0 aromatic heterocycles. The van der Waals surface area contributed by atoms with Gasteiger partial charge < -0.3 is 9.47 Å². The fourth-order valence-electron chi connectivity index (χ4n) is 4.14. The number of hydrogen-bond donors (Lipinski definition) is 0. The fourth-order valence-corrected chi connectivity index (χ4v) is 4.14. The van der Waals surface area contributed by atoms with Gasteiger partial charge in [-0.05, 0) is 81.6 Å². The molecule has 0 aromatic carbocycles. The number of allylic oxidation sites excluding steroid dienone is 5. The third kappa shape index (κ3) is 20.6. The van der Waals surface area contributed by atoms with Crippen molar-refractivity contribution in [2.45, 2.75) is 141 Å². The van der Waals surface area contributed by atoms with Crippen LogP contribution in [0.2, 0.25) is 0 Å². The zero-order valence-electron chi connectivity index (χ0n) is 24.1. The van der Waals surface area contributed by atoms with Gasteiger partial charge in [-0.2, -0.15) is 0 Å². The lowest BCUT2D eigenvalue weighted by Gasteiger charge is -2.07. The fraction of sp³-hybridized carbons (Fsp3) is 0.629. The van der Waals surface area contributed by atoms with Crippen LogP contribution in [0.3, 0.4) is 0 Å². The summed E-state index contributed by atoms with van der Waals surface area (Å²) in [6.45, 7) is 9.71. The molecule has 38 heavy (non-hydrogen) atoms. The van der Waals surface area contributed by atoms with Crippen molar-refractivity contribution < 1.29 is 14.3 Å². The second-order valence-electron chi connectivity index (χ2n) is 10.0. The minimum atomic E-state index is -0.602. The standard InChI is InChI=1S/C35H52O3/c1-4-7-9-11-12-13-14-15-16-17-18-19-20-22-27-31-35(36)37-32(6-3)28-24-23-26-30-34-33(38-34)29-25-21-10-8-5-2/h5-6,12-13,15-16,32-34H,2-4,7-11,14,17-22,25,27,29-31H2,1H3/b13-12+,16-15+. The Labute approximate surface area is 234 Å². The van der Waals surface area contributed by atoms with Crippen molar-refractivity contribution >= 4 is 5.97 Å². The normalized spacial score (nSPS) is 16.9. The largest absolute Gasteiger partial charge is 0.445 e. The maximum absolute atomic E-state index is 12.1. The Hall–Kier alpha value is -2.49. The molecule has 1 rings (SSSR count). The average Bonchev–Trinajstić information content (AvgIpc) is 3.67. The summed E-state index contributed by atoms with van der Waals surface area (Å²) in [5, 5.41) is 0. The highest BCUT2D eigenvalue weighted by atomic mass is 16.6. The van der Waals surface area contributed by atoms with Crippen molar-refractivity contribution in [1.82, 2.24) is 0 Å². The van der Waals surface area contributed by atoms with E-state index in [0.717, 1.165) is 44.9 Å². The average molecular weight is 521 g/mol. The first-order valence-corrected chi connectivity index (χ1v) is 15.1. The van der Waals surface area contributed by atoms with Gasteiger partial charge in [-0.3, -0.25) is 4.79 Å². The van der Waals surface area contributed by atoms with Gasteiger partial charge in [0.1, 0.15) is 0 Å². The first-order valence-electron chi connectivity index (χ1n) is 15.1. The zero-order chi connectivity index (χ0) is 27.5. The van der Waals surface area contributed by atoms with Crippen molar-refractivity contribution in [2.75, 3.05) is 0 Å². The van der Waals surface area contributed by atoms with Crippen LogP contribution >= 0.6 is 0 Å². The van der Waals surface area contributed by atoms with Gasteiger partial charge in [0, 0.05) is 12.8 Å². The second kappa shape index (κ2) is 24.8. The molecule has 0 spiro atoms. The van der Waals surface area contributed by atoms with Crippen LogP contribution in [0.1, 0.15) is 122 Å². The third-order valence-corrected chi connectivity index (χ3v) is 6.56. The van der Waals surface area contributed by atoms with Crippen molar-refractivity contribution in [2.24, 2.45) is 0 Å². The van der Waals surface area contributed by atoms with Crippen LogP contribution in [-0.4, -0.2) is 24.3 Å². The molecule has 3 atom stereocenters. The first kappa shape index (κ1) is 33.5. The van der Waals surface area contributed by atoms with Gasteiger partial charge in [0.05, 0.1) is 12.2 Å². The van der Waals surface area contributed by atoms with Crippen LogP contribution in [0.4, 0.5) is 0 Å². The Kier molecular flexibility index (Phi) is 21.9. The highest BCUT2D eigenvalue weighted by Crippen LogP contribution is 2.29. The number of carbonyl (C=O) groups is 1. The molecule has 3 unspecified atom stereocenters. The molecule has 0 aromatic rings. The van der Waals surface area contributed by atoms with E-state index in [-0.39, 0.29) is 12.1 Å². The van der Waals surface area contributed by atoms with E-state index in [4.69, 9.17) is 9.47 Å². The number of epoxide rings is 1. The predicted octanol–water partition coefficient (Wildman–Crippen LogP) is 9.20. The van der Waals surface area contributed by atoms with E-state index in [0.29, 0.717) is 18.9 Å². The molecule has 0 N–H and O–H groups in total. The molecule has 3 nitrogen and oxygen atoms in total. The Morgan fingerprint density at radius 2 is 1.53 bits per heavy atom. The second-order valence-corrected chi connectivity index (χ2v) is 10.0. The van der Waals surface area contributed by atoms with Crippen molar-refractivity contribution in [3.05, 3.63) is 49.6 Å². The van der Waals surface area contributed by atoms with E-state index in [1.807, 2.05) is 6.08 Å². The SMILES string of the molecule is C=CCCCCCC1OC1CC#CC#CC(C=C)OC(=O)CCCCCCC/C=C/C/C=C/CCCCC. The van der Waals surface area contributed by atoms with Crippen LogP contribution in [0, 0.1) is 23.7 Å². The number of rotatable bonds is 23. The van der Waals surface area contributed by atoms with E-state index in [2.05, 4.69) is 68.1 Å². The van der Waals surface area contributed by atoms with Gasteiger partial charge in [0.2, 0.25) is 0 Å². The molecule has 1 aliphatic heterocycles. The van der Waals surface area contributed by atoms with Crippen molar-refractivity contribution in [3.63, 3.8) is 0 Å². The quantitative estimate of drug-likeness (QED) is 0.0443. The van der Waals surface area contributed by atoms with Gasteiger partial charge in [-0.1, -0.05) is 94.7 Å². The van der Waals surface area contributed by atoms with Gasteiger partial charge in [-0.25, -0.2) is 0 Å². The molecule has 3 heteroatoms. The summed E-state index contributed by atoms with van der Waals surface area (Å²) < 4.78 is 11.1. The molecule has 0 aliphatic carbocycles. The lowest BCUT2D eigenvalue weighted by atomic mass is 10.1. The van der Waals surface area contributed by atoms with Gasteiger partial charge in [-0.15, -0.1) is 6.58 Å². The van der Waals surface area contributed by atoms with Crippen LogP contribution in [-0.2, 0) is 14.3 Å². The number of carbonyl (C=O) groups excluding carboxylic acids is 1. The lowest BCUT2D eigenvalue weighted by molar-refractivity contribution is -0.144.